The normalized spacial score (nSPS) is 12.5. The smallest absolute Gasteiger partial charge is 0.305 e. The highest BCUT2D eigenvalue weighted by atomic mass is 16.5. The van der Waals surface area contributed by atoms with Gasteiger partial charge in [-0.2, -0.15) is 0 Å². The molecule has 0 bridgehead atoms. The summed E-state index contributed by atoms with van der Waals surface area (Å²) in [7, 11) is 0. The molecule has 0 aromatic heterocycles. The molecule has 2 unspecified atom stereocenters. The van der Waals surface area contributed by atoms with Gasteiger partial charge >= 0.3 is 5.97 Å². The number of esters is 1. The molecular formula is C85H165NO5. The fourth-order valence-corrected chi connectivity index (χ4v) is 13.6. The minimum absolute atomic E-state index is 0.0186. The van der Waals surface area contributed by atoms with Crippen LogP contribution in [0.1, 0.15) is 483 Å². The molecule has 0 aliphatic rings. The van der Waals surface area contributed by atoms with E-state index in [0.29, 0.717) is 25.9 Å². The van der Waals surface area contributed by atoms with Crippen LogP contribution >= 0.6 is 0 Å². The van der Waals surface area contributed by atoms with Crippen molar-refractivity contribution in [3.8, 4) is 0 Å². The predicted molar refractivity (Wildman–Crippen MR) is 403 cm³/mol. The Labute approximate surface area is 571 Å². The molecule has 2 atom stereocenters. The SMILES string of the molecule is CCCCCCCC/C=C\CCCCCCCCCCCC(=O)OCCCCCCCCCCCCCC/C=C\CCCCCCCCCCCCCCCCCC(=O)NC(CO)C(O)CCCCCCCCCCCCCCCCCCCCCCCCCC. The molecule has 0 aromatic carbocycles. The van der Waals surface area contributed by atoms with Gasteiger partial charge in [-0.05, 0) is 77.0 Å². The number of carbonyl (C=O) groups is 2. The quantitative estimate of drug-likeness (QED) is 0.0320. The molecule has 0 radical (unpaired) electrons. The van der Waals surface area contributed by atoms with Crippen LogP contribution in [0, 0.1) is 0 Å². The van der Waals surface area contributed by atoms with Gasteiger partial charge in [-0.15, -0.1) is 0 Å². The second kappa shape index (κ2) is 80.8. The number of ether oxygens (including phenoxy) is 1. The van der Waals surface area contributed by atoms with Gasteiger partial charge in [-0.3, -0.25) is 9.59 Å². The molecule has 0 fully saturated rings. The zero-order chi connectivity index (χ0) is 65.6. The van der Waals surface area contributed by atoms with Crippen LogP contribution in [0.5, 0.6) is 0 Å². The summed E-state index contributed by atoms with van der Waals surface area (Å²) in [6.07, 6.45) is 104. The van der Waals surface area contributed by atoms with Crippen molar-refractivity contribution in [3.05, 3.63) is 24.3 Å². The fraction of sp³-hybridized carbons (Fsp3) is 0.929. The van der Waals surface area contributed by atoms with Crippen molar-refractivity contribution >= 4 is 11.9 Å². The number of nitrogens with one attached hydrogen (secondary N) is 1. The van der Waals surface area contributed by atoms with Gasteiger partial charge < -0.3 is 20.3 Å². The van der Waals surface area contributed by atoms with E-state index in [-0.39, 0.29) is 18.5 Å². The zero-order valence-electron chi connectivity index (χ0n) is 62.1. The summed E-state index contributed by atoms with van der Waals surface area (Å²) in [5.41, 5.74) is 0. The van der Waals surface area contributed by atoms with E-state index in [9.17, 15) is 19.8 Å². The summed E-state index contributed by atoms with van der Waals surface area (Å²) in [6.45, 7) is 5.01. The molecule has 6 nitrogen and oxygen atoms in total. The molecule has 540 valence electrons. The summed E-state index contributed by atoms with van der Waals surface area (Å²) in [6, 6.07) is -0.541. The van der Waals surface area contributed by atoms with E-state index >= 15 is 0 Å². The van der Waals surface area contributed by atoms with Gasteiger partial charge in [0.15, 0.2) is 0 Å². The molecule has 0 spiro atoms. The van der Waals surface area contributed by atoms with E-state index in [4.69, 9.17) is 4.74 Å². The molecule has 3 N–H and O–H groups in total. The number of hydrogen-bond acceptors (Lipinski definition) is 5. The van der Waals surface area contributed by atoms with Gasteiger partial charge in [-0.1, -0.05) is 417 Å². The fourth-order valence-electron chi connectivity index (χ4n) is 13.6. The van der Waals surface area contributed by atoms with Crippen LogP contribution < -0.4 is 5.32 Å². The first-order chi connectivity index (χ1) is 45.0. The number of hydrogen-bond donors (Lipinski definition) is 3. The number of aliphatic hydroxyl groups excluding tert-OH is 2. The average Bonchev–Trinajstić information content (AvgIpc) is 3.65. The molecule has 0 aromatic rings. The van der Waals surface area contributed by atoms with Crippen molar-refractivity contribution in [2.45, 2.75) is 495 Å². The summed E-state index contributed by atoms with van der Waals surface area (Å²) in [5, 5.41) is 23.5. The van der Waals surface area contributed by atoms with Crippen LogP contribution in [0.3, 0.4) is 0 Å². The Hall–Kier alpha value is -1.66. The molecule has 0 saturated carbocycles. The average molecular weight is 1280 g/mol. The Morgan fingerprint density at radius 2 is 0.516 bits per heavy atom. The van der Waals surface area contributed by atoms with Gasteiger partial charge in [0.05, 0.1) is 25.4 Å². The maximum atomic E-state index is 12.6. The lowest BCUT2D eigenvalue weighted by molar-refractivity contribution is -0.143. The number of rotatable bonds is 80. The Kier molecular flexibility index (Phi) is 79.3. The van der Waals surface area contributed by atoms with Crippen molar-refractivity contribution in [1.29, 1.82) is 0 Å². The highest BCUT2D eigenvalue weighted by molar-refractivity contribution is 5.76. The Bertz CT molecular complexity index is 1430. The highest BCUT2D eigenvalue weighted by Crippen LogP contribution is 2.20. The molecule has 0 aliphatic heterocycles. The minimum atomic E-state index is -0.664. The number of aliphatic hydroxyl groups is 2. The largest absolute Gasteiger partial charge is 0.466 e. The molecular weight excluding hydrogens is 1110 g/mol. The van der Waals surface area contributed by atoms with Crippen LogP contribution in [-0.4, -0.2) is 47.4 Å². The number of carbonyl (C=O) groups excluding carboxylic acids is 2. The standard InChI is InChI=1S/C85H165NO5/c1-3-5-7-9-11-13-15-17-19-21-23-24-25-35-38-42-45-49-53-57-61-65-69-73-77-83(88)82(81-87)86-84(89)78-74-70-66-62-58-54-50-46-43-39-36-33-31-29-27-26-28-30-32-34-37-40-44-48-52-56-60-64-68-72-76-80-91-85(90)79-75-71-67-63-59-55-51-47-41-22-20-18-16-14-12-10-8-6-4-2/h18,20,28,30,82-83,87-88H,3-17,19,21-27,29,31-81H2,1-2H3,(H,86,89)/b20-18-,30-28-. The van der Waals surface area contributed by atoms with E-state index in [1.54, 1.807) is 0 Å². The van der Waals surface area contributed by atoms with Crippen molar-refractivity contribution in [2.24, 2.45) is 0 Å². The van der Waals surface area contributed by atoms with Crippen LogP contribution in [0.15, 0.2) is 24.3 Å². The third kappa shape index (κ3) is 77.2. The van der Waals surface area contributed by atoms with Gasteiger partial charge in [0.25, 0.3) is 0 Å². The van der Waals surface area contributed by atoms with E-state index in [1.165, 1.54) is 411 Å². The summed E-state index contributed by atoms with van der Waals surface area (Å²) in [5.74, 6) is -0.00820. The number of allylic oxidation sites excluding steroid dienone is 4. The van der Waals surface area contributed by atoms with Gasteiger partial charge in [0.2, 0.25) is 5.91 Å². The molecule has 0 saturated heterocycles. The Morgan fingerprint density at radius 1 is 0.297 bits per heavy atom. The molecule has 0 rings (SSSR count). The second-order valence-corrected chi connectivity index (χ2v) is 29.2. The monoisotopic (exact) mass is 1280 g/mol. The molecule has 6 heteroatoms. The van der Waals surface area contributed by atoms with E-state index in [0.717, 1.165) is 38.5 Å². The predicted octanol–water partition coefficient (Wildman–Crippen LogP) is 28.0. The molecule has 1 amide bonds. The third-order valence-electron chi connectivity index (χ3n) is 20.0. The van der Waals surface area contributed by atoms with Crippen LogP contribution in [0.25, 0.3) is 0 Å². The van der Waals surface area contributed by atoms with Crippen molar-refractivity contribution in [1.82, 2.24) is 5.32 Å². The first-order valence-corrected chi connectivity index (χ1v) is 42.1. The first-order valence-electron chi connectivity index (χ1n) is 42.1. The highest BCUT2D eigenvalue weighted by Gasteiger charge is 2.20. The molecule has 91 heavy (non-hydrogen) atoms. The summed E-state index contributed by atoms with van der Waals surface area (Å²) < 4.78 is 5.52. The van der Waals surface area contributed by atoms with Crippen LogP contribution in [0.4, 0.5) is 0 Å². The summed E-state index contributed by atoms with van der Waals surface area (Å²) in [4.78, 5) is 24.7. The lowest BCUT2D eigenvalue weighted by Gasteiger charge is -2.22. The van der Waals surface area contributed by atoms with E-state index < -0.39 is 12.1 Å². The Balaban J connectivity index is 3.35. The minimum Gasteiger partial charge on any atom is -0.466 e. The maximum absolute atomic E-state index is 12.6. The van der Waals surface area contributed by atoms with Gasteiger partial charge in [0.1, 0.15) is 0 Å². The van der Waals surface area contributed by atoms with Crippen molar-refractivity contribution < 1.29 is 24.5 Å². The number of unbranched alkanes of at least 4 members (excludes halogenated alkanes) is 65. The maximum Gasteiger partial charge on any atom is 0.305 e. The van der Waals surface area contributed by atoms with Crippen molar-refractivity contribution in [3.63, 3.8) is 0 Å². The van der Waals surface area contributed by atoms with Gasteiger partial charge in [0, 0.05) is 12.8 Å². The third-order valence-corrected chi connectivity index (χ3v) is 20.0. The zero-order valence-corrected chi connectivity index (χ0v) is 62.1. The van der Waals surface area contributed by atoms with Gasteiger partial charge in [-0.25, -0.2) is 0 Å². The topological polar surface area (TPSA) is 95.9 Å². The van der Waals surface area contributed by atoms with Crippen LogP contribution in [0.2, 0.25) is 0 Å². The second-order valence-electron chi connectivity index (χ2n) is 29.2. The lowest BCUT2D eigenvalue weighted by Crippen LogP contribution is -2.45. The molecule has 0 heterocycles. The van der Waals surface area contributed by atoms with E-state index in [1.807, 2.05) is 0 Å². The summed E-state index contributed by atoms with van der Waals surface area (Å²) >= 11 is 0. The van der Waals surface area contributed by atoms with Crippen molar-refractivity contribution in [2.75, 3.05) is 13.2 Å². The van der Waals surface area contributed by atoms with Crippen LogP contribution in [-0.2, 0) is 14.3 Å². The molecule has 0 aliphatic carbocycles. The first kappa shape index (κ1) is 89.3. The van der Waals surface area contributed by atoms with E-state index in [2.05, 4.69) is 43.5 Å². The Morgan fingerprint density at radius 3 is 0.780 bits per heavy atom. The number of amides is 1. The lowest BCUT2D eigenvalue weighted by atomic mass is 10.0.